The van der Waals surface area contributed by atoms with Gasteiger partial charge in [0, 0.05) is 6.07 Å². The number of aromatic nitrogens is 4. The van der Waals surface area contributed by atoms with Gasteiger partial charge in [0.2, 0.25) is 0 Å². The molecular formula is C13H11F2N5O. The molecule has 0 aliphatic rings. The van der Waals surface area contributed by atoms with E-state index in [0.29, 0.717) is 22.9 Å². The zero-order chi connectivity index (χ0) is 15.0. The quantitative estimate of drug-likeness (QED) is 0.801. The first-order chi connectivity index (χ1) is 10.1. The Hall–Kier alpha value is -2.77. The third-order valence-corrected chi connectivity index (χ3v) is 2.94. The van der Waals surface area contributed by atoms with Crippen LogP contribution >= 0.6 is 0 Å². The highest BCUT2D eigenvalue weighted by molar-refractivity contribution is 5.61. The minimum atomic E-state index is -2.76. The summed E-state index contributed by atoms with van der Waals surface area (Å²) in [6.07, 6.45) is -1.26. The van der Waals surface area contributed by atoms with Gasteiger partial charge in [-0.25, -0.2) is 23.3 Å². The summed E-state index contributed by atoms with van der Waals surface area (Å²) in [6, 6.07) is 6.46. The zero-order valence-electron chi connectivity index (χ0n) is 11.0. The van der Waals surface area contributed by atoms with Gasteiger partial charge in [0.15, 0.2) is 17.1 Å². The molecule has 0 radical (unpaired) electrons. The SMILES string of the molecule is COc1cc2ncc(-c3cccc(N)n3)n2nc1C(F)F. The van der Waals surface area contributed by atoms with E-state index in [-0.39, 0.29) is 5.75 Å². The fourth-order valence-electron chi connectivity index (χ4n) is 2.00. The van der Waals surface area contributed by atoms with E-state index in [1.54, 1.807) is 18.2 Å². The molecule has 0 aromatic carbocycles. The largest absolute Gasteiger partial charge is 0.494 e. The molecule has 3 aromatic rings. The number of ether oxygens (including phenoxy) is 1. The van der Waals surface area contributed by atoms with Crippen LogP contribution in [0.2, 0.25) is 0 Å². The molecule has 3 rings (SSSR count). The Balaban J connectivity index is 2.24. The summed E-state index contributed by atoms with van der Waals surface area (Å²) in [6.45, 7) is 0. The van der Waals surface area contributed by atoms with Crippen molar-refractivity contribution >= 4 is 11.5 Å². The normalized spacial score (nSPS) is 11.2. The van der Waals surface area contributed by atoms with Crippen LogP contribution in [0, 0.1) is 0 Å². The van der Waals surface area contributed by atoms with Crippen molar-refractivity contribution in [2.24, 2.45) is 0 Å². The molecule has 8 heteroatoms. The van der Waals surface area contributed by atoms with E-state index in [9.17, 15) is 8.78 Å². The molecule has 108 valence electrons. The molecule has 0 spiro atoms. The lowest BCUT2D eigenvalue weighted by atomic mass is 10.3. The van der Waals surface area contributed by atoms with E-state index < -0.39 is 12.1 Å². The molecule has 0 atom stereocenters. The second-order valence-electron chi connectivity index (χ2n) is 4.26. The number of methoxy groups -OCH3 is 1. The molecule has 0 fully saturated rings. The highest BCUT2D eigenvalue weighted by Crippen LogP contribution is 2.29. The summed E-state index contributed by atoms with van der Waals surface area (Å²) in [7, 11) is 1.31. The number of pyridine rings is 1. The number of anilines is 1. The van der Waals surface area contributed by atoms with Gasteiger partial charge in [-0.15, -0.1) is 0 Å². The number of rotatable bonds is 3. The number of nitrogen functional groups attached to an aromatic ring is 1. The van der Waals surface area contributed by atoms with E-state index in [1.165, 1.54) is 23.9 Å². The Morgan fingerprint density at radius 3 is 2.81 bits per heavy atom. The Kier molecular flexibility index (Phi) is 3.13. The topological polar surface area (TPSA) is 78.3 Å². The van der Waals surface area contributed by atoms with Crippen molar-refractivity contribution in [3.8, 4) is 17.1 Å². The van der Waals surface area contributed by atoms with Crippen molar-refractivity contribution in [3.05, 3.63) is 36.2 Å². The highest BCUT2D eigenvalue weighted by Gasteiger charge is 2.19. The summed E-state index contributed by atoms with van der Waals surface area (Å²) >= 11 is 0. The van der Waals surface area contributed by atoms with Crippen LogP contribution in [0.3, 0.4) is 0 Å². The lowest BCUT2D eigenvalue weighted by Crippen LogP contribution is -2.04. The van der Waals surface area contributed by atoms with Gasteiger partial charge in [-0.2, -0.15) is 5.10 Å². The zero-order valence-corrected chi connectivity index (χ0v) is 11.0. The van der Waals surface area contributed by atoms with E-state index in [0.717, 1.165) is 0 Å². The number of fused-ring (bicyclic) bond motifs is 1. The van der Waals surface area contributed by atoms with Crippen molar-refractivity contribution in [3.63, 3.8) is 0 Å². The van der Waals surface area contributed by atoms with Crippen LogP contribution in [0.25, 0.3) is 17.0 Å². The van der Waals surface area contributed by atoms with E-state index in [1.807, 2.05) is 0 Å². The van der Waals surface area contributed by atoms with Crippen molar-refractivity contribution in [2.45, 2.75) is 6.43 Å². The number of hydrogen-bond acceptors (Lipinski definition) is 5. The van der Waals surface area contributed by atoms with Gasteiger partial charge in [0.05, 0.1) is 19.0 Å². The lowest BCUT2D eigenvalue weighted by molar-refractivity contribution is 0.139. The van der Waals surface area contributed by atoms with Crippen LogP contribution in [0.15, 0.2) is 30.5 Å². The predicted molar refractivity (Wildman–Crippen MR) is 72.1 cm³/mol. The smallest absolute Gasteiger partial charge is 0.285 e. The van der Waals surface area contributed by atoms with Crippen molar-refractivity contribution in [1.82, 2.24) is 19.6 Å². The Labute approximate surface area is 118 Å². The third kappa shape index (κ3) is 2.24. The monoisotopic (exact) mass is 291 g/mol. The molecule has 0 aliphatic carbocycles. The molecule has 0 saturated heterocycles. The number of halogens is 2. The van der Waals surface area contributed by atoms with Gasteiger partial charge < -0.3 is 10.5 Å². The summed E-state index contributed by atoms with van der Waals surface area (Å²) < 4.78 is 32.3. The number of nitrogens with zero attached hydrogens (tertiary/aromatic N) is 4. The first kappa shape index (κ1) is 13.2. The van der Waals surface area contributed by atoms with E-state index in [2.05, 4.69) is 15.1 Å². The number of hydrogen-bond donors (Lipinski definition) is 1. The molecular weight excluding hydrogens is 280 g/mol. The predicted octanol–water partition coefficient (Wildman–Crippen LogP) is 2.32. The van der Waals surface area contributed by atoms with Gasteiger partial charge in [0.25, 0.3) is 6.43 Å². The highest BCUT2D eigenvalue weighted by atomic mass is 19.3. The molecule has 3 heterocycles. The second kappa shape index (κ2) is 4.97. The molecule has 3 aromatic heterocycles. The van der Waals surface area contributed by atoms with Crippen molar-refractivity contribution in [2.75, 3.05) is 12.8 Å². The molecule has 0 bridgehead atoms. The minimum Gasteiger partial charge on any atom is -0.494 e. The van der Waals surface area contributed by atoms with Crippen LogP contribution in [-0.4, -0.2) is 26.7 Å². The maximum Gasteiger partial charge on any atom is 0.285 e. The summed E-state index contributed by atoms with van der Waals surface area (Å²) in [5.74, 6) is 0.320. The van der Waals surface area contributed by atoms with E-state index in [4.69, 9.17) is 10.5 Å². The van der Waals surface area contributed by atoms with Crippen LogP contribution in [-0.2, 0) is 0 Å². The molecule has 0 saturated carbocycles. The van der Waals surface area contributed by atoms with Crippen LogP contribution in [0.5, 0.6) is 5.75 Å². The average Bonchev–Trinajstić information content (AvgIpc) is 2.88. The molecule has 2 N–H and O–H groups in total. The molecule has 21 heavy (non-hydrogen) atoms. The van der Waals surface area contributed by atoms with E-state index >= 15 is 0 Å². The summed E-state index contributed by atoms with van der Waals surface area (Å²) in [4.78, 5) is 8.27. The van der Waals surface area contributed by atoms with Crippen LogP contribution < -0.4 is 10.5 Å². The van der Waals surface area contributed by atoms with Gasteiger partial charge in [0.1, 0.15) is 11.5 Å². The molecule has 6 nitrogen and oxygen atoms in total. The van der Waals surface area contributed by atoms with Crippen LogP contribution in [0.4, 0.5) is 14.6 Å². The van der Waals surface area contributed by atoms with Gasteiger partial charge in [-0.05, 0) is 12.1 Å². The Morgan fingerprint density at radius 1 is 1.33 bits per heavy atom. The number of nitrogens with two attached hydrogens (primary N) is 1. The van der Waals surface area contributed by atoms with Gasteiger partial charge >= 0.3 is 0 Å². The fourth-order valence-corrected chi connectivity index (χ4v) is 2.00. The fraction of sp³-hybridized carbons (Fsp3) is 0.154. The molecule has 0 amide bonds. The molecule has 0 unspecified atom stereocenters. The lowest BCUT2D eigenvalue weighted by Gasteiger charge is -2.08. The van der Waals surface area contributed by atoms with Crippen molar-refractivity contribution < 1.29 is 13.5 Å². The van der Waals surface area contributed by atoms with Gasteiger partial charge in [-0.3, -0.25) is 0 Å². The van der Waals surface area contributed by atoms with Crippen LogP contribution in [0.1, 0.15) is 12.1 Å². The van der Waals surface area contributed by atoms with Gasteiger partial charge in [-0.1, -0.05) is 6.07 Å². The maximum absolute atomic E-state index is 13.0. The number of imidazole rings is 1. The molecule has 0 aliphatic heterocycles. The standard InChI is InChI=1S/C13H11F2N5O/c1-21-9-5-11-17-6-8(7-3-2-4-10(16)18-7)20(11)19-12(9)13(14)15/h2-6,13H,1H3,(H2,16,18). The first-order valence-electron chi connectivity index (χ1n) is 6.04. The third-order valence-electron chi connectivity index (χ3n) is 2.94. The maximum atomic E-state index is 13.0. The number of alkyl halides is 2. The Bertz CT molecular complexity index is 802. The average molecular weight is 291 g/mol. The summed E-state index contributed by atoms with van der Waals surface area (Å²) in [5.41, 5.74) is 6.54. The van der Waals surface area contributed by atoms with Crippen molar-refractivity contribution in [1.29, 1.82) is 0 Å². The summed E-state index contributed by atoms with van der Waals surface area (Å²) in [5, 5.41) is 3.91. The minimum absolute atomic E-state index is 0.00446. The second-order valence-corrected chi connectivity index (χ2v) is 4.26. The Morgan fingerprint density at radius 2 is 2.14 bits per heavy atom. The first-order valence-corrected chi connectivity index (χ1v) is 6.04.